The molecule has 4 heteroatoms. The second-order valence-electron chi connectivity index (χ2n) is 6.49. The van der Waals surface area contributed by atoms with Crippen LogP contribution in [0.1, 0.15) is 28.0 Å². The predicted octanol–water partition coefficient (Wildman–Crippen LogP) is 4.30. The highest BCUT2D eigenvalue weighted by Gasteiger charge is 2.24. The predicted molar refractivity (Wildman–Crippen MR) is 108 cm³/mol. The maximum absolute atomic E-state index is 13.1. The summed E-state index contributed by atoms with van der Waals surface area (Å²) in [7, 11) is 4.09. The second kappa shape index (κ2) is 8.79. The summed E-state index contributed by atoms with van der Waals surface area (Å²) in [4.78, 5) is 16.5. The van der Waals surface area contributed by atoms with Crippen LogP contribution in [-0.4, -0.2) is 31.4 Å². The highest BCUT2D eigenvalue weighted by atomic mass is 32.1. The van der Waals surface area contributed by atoms with Crippen molar-refractivity contribution in [1.29, 1.82) is 0 Å². The van der Waals surface area contributed by atoms with Crippen LogP contribution in [0.4, 0.5) is 0 Å². The lowest BCUT2D eigenvalue weighted by Crippen LogP contribution is -2.37. The largest absolute Gasteiger partial charge is 0.353 e. The molecule has 1 aromatic heterocycles. The molecule has 0 aliphatic rings. The molecule has 0 radical (unpaired) electrons. The topological polar surface area (TPSA) is 32.3 Å². The first-order valence-electron chi connectivity index (χ1n) is 8.74. The van der Waals surface area contributed by atoms with Crippen LogP contribution in [-0.2, 0) is 4.79 Å². The number of thiophene rings is 1. The van der Waals surface area contributed by atoms with Crippen molar-refractivity contribution in [1.82, 2.24) is 10.2 Å². The summed E-state index contributed by atoms with van der Waals surface area (Å²) in [6, 6.07) is 24.3. The molecule has 1 heterocycles. The molecule has 3 rings (SSSR count). The highest BCUT2D eigenvalue weighted by molar-refractivity contribution is 7.10. The van der Waals surface area contributed by atoms with Gasteiger partial charge in [-0.05, 0) is 36.7 Å². The van der Waals surface area contributed by atoms with Gasteiger partial charge < -0.3 is 10.2 Å². The van der Waals surface area contributed by atoms with Crippen LogP contribution in [0.2, 0.25) is 0 Å². The molecule has 0 saturated heterocycles. The molecule has 1 N–H and O–H groups in total. The van der Waals surface area contributed by atoms with Crippen molar-refractivity contribution in [3.8, 4) is 0 Å². The molecule has 0 fully saturated rings. The first-order chi connectivity index (χ1) is 12.7. The Morgan fingerprint density at radius 2 is 1.50 bits per heavy atom. The minimum absolute atomic E-state index is 0.0332. The summed E-state index contributed by atoms with van der Waals surface area (Å²) in [5, 5.41) is 5.25. The molecule has 0 saturated carbocycles. The number of hydrogen-bond acceptors (Lipinski definition) is 3. The van der Waals surface area contributed by atoms with Gasteiger partial charge in [-0.2, -0.15) is 0 Å². The van der Waals surface area contributed by atoms with Crippen molar-refractivity contribution in [2.24, 2.45) is 0 Å². The van der Waals surface area contributed by atoms with Crippen molar-refractivity contribution in [3.63, 3.8) is 0 Å². The molecule has 1 atom stereocenters. The van der Waals surface area contributed by atoms with Gasteiger partial charge >= 0.3 is 0 Å². The van der Waals surface area contributed by atoms with Gasteiger partial charge in [0.05, 0.1) is 12.0 Å². The molecule has 2 aromatic carbocycles. The Bertz CT molecular complexity index is 761. The van der Waals surface area contributed by atoms with E-state index in [2.05, 4.69) is 27.7 Å². The lowest BCUT2D eigenvalue weighted by atomic mass is 9.90. The maximum Gasteiger partial charge on any atom is 0.232 e. The fraction of sp³-hybridized carbons (Fsp3) is 0.227. The molecule has 0 aliphatic carbocycles. The van der Waals surface area contributed by atoms with E-state index in [1.54, 1.807) is 11.3 Å². The Hall–Kier alpha value is -2.43. The smallest absolute Gasteiger partial charge is 0.232 e. The Balaban J connectivity index is 1.80. The number of rotatable bonds is 7. The van der Waals surface area contributed by atoms with Gasteiger partial charge in [-0.25, -0.2) is 0 Å². The summed E-state index contributed by atoms with van der Waals surface area (Å²) in [6.45, 7) is 0.586. The van der Waals surface area contributed by atoms with E-state index in [4.69, 9.17) is 0 Å². The fourth-order valence-corrected chi connectivity index (χ4v) is 4.03. The first-order valence-corrected chi connectivity index (χ1v) is 9.62. The zero-order valence-corrected chi connectivity index (χ0v) is 15.9. The van der Waals surface area contributed by atoms with Gasteiger partial charge in [0.1, 0.15) is 0 Å². The Labute approximate surface area is 159 Å². The van der Waals surface area contributed by atoms with E-state index in [-0.39, 0.29) is 17.9 Å². The standard InChI is InChI=1S/C22H24N2OS/c1-24(2)19(20-14-9-15-26-20)16-23-22(25)21(17-10-5-3-6-11-17)18-12-7-4-8-13-18/h3-15,19,21H,16H2,1-2H3,(H,23,25)/t19-/m1/s1. The number of nitrogens with one attached hydrogen (secondary N) is 1. The average Bonchev–Trinajstić information content (AvgIpc) is 3.18. The van der Waals surface area contributed by atoms with Crippen LogP contribution < -0.4 is 5.32 Å². The van der Waals surface area contributed by atoms with Gasteiger partial charge in [0.2, 0.25) is 5.91 Å². The molecular weight excluding hydrogens is 340 g/mol. The number of likely N-dealkylation sites (N-methyl/N-ethyl adjacent to an activating group) is 1. The van der Waals surface area contributed by atoms with Crippen LogP contribution in [0.3, 0.4) is 0 Å². The van der Waals surface area contributed by atoms with Gasteiger partial charge in [0.15, 0.2) is 0 Å². The molecule has 26 heavy (non-hydrogen) atoms. The summed E-state index contributed by atoms with van der Waals surface area (Å²) in [6.07, 6.45) is 0. The third-order valence-corrected chi connectivity index (χ3v) is 5.47. The summed E-state index contributed by atoms with van der Waals surface area (Å²) in [5.74, 6) is -0.269. The zero-order chi connectivity index (χ0) is 18.4. The number of nitrogens with zero attached hydrogens (tertiary/aromatic N) is 1. The van der Waals surface area contributed by atoms with Crippen molar-refractivity contribution < 1.29 is 4.79 Å². The molecule has 0 spiro atoms. The van der Waals surface area contributed by atoms with Crippen molar-refractivity contribution in [3.05, 3.63) is 94.2 Å². The normalized spacial score (nSPS) is 12.3. The molecule has 0 bridgehead atoms. The van der Waals surface area contributed by atoms with Gasteiger partial charge in [0.25, 0.3) is 0 Å². The third-order valence-electron chi connectivity index (χ3n) is 4.49. The van der Waals surface area contributed by atoms with Crippen molar-refractivity contribution >= 4 is 17.2 Å². The van der Waals surface area contributed by atoms with E-state index in [0.717, 1.165) is 11.1 Å². The van der Waals surface area contributed by atoms with Crippen LogP contribution in [0.5, 0.6) is 0 Å². The van der Waals surface area contributed by atoms with Gasteiger partial charge in [0, 0.05) is 11.4 Å². The minimum atomic E-state index is -0.302. The van der Waals surface area contributed by atoms with Gasteiger partial charge in [-0.3, -0.25) is 4.79 Å². The number of carbonyl (C=O) groups is 1. The monoisotopic (exact) mass is 364 g/mol. The quantitative estimate of drug-likeness (QED) is 0.678. The average molecular weight is 365 g/mol. The van der Waals surface area contributed by atoms with Crippen LogP contribution >= 0.6 is 11.3 Å². The number of carbonyl (C=O) groups excluding carboxylic acids is 1. The Morgan fingerprint density at radius 1 is 0.923 bits per heavy atom. The van der Waals surface area contributed by atoms with Gasteiger partial charge in [-0.15, -0.1) is 11.3 Å². The lowest BCUT2D eigenvalue weighted by Gasteiger charge is -2.25. The second-order valence-corrected chi connectivity index (χ2v) is 7.47. The SMILES string of the molecule is CN(C)[C@H](CNC(=O)C(c1ccccc1)c1ccccc1)c1cccs1. The number of amides is 1. The number of hydrogen-bond donors (Lipinski definition) is 1. The molecule has 0 aliphatic heterocycles. The van der Waals surface area contributed by atoms with Crippen molar-refractivity contribution in [2.45, 2.75) is 12.0 Å². The fourth-order valence-electron chi connectivity index (χ4n) is 3.10. The molecule has 3 nitrogen and oxygen atoms in total. The third kappa shape index (κ3) is 4.40. The minimum Gasteiger partial charge on any atom is -0.353 e. The Kier molecular flexibility index (Phi) is 6.21. The molecule has 1 amide bonds. The van der Waals surface area contributed by atoms with E-state index in [0.29, 0.717) is 6.54 Å². The Morgan fingerprint density at radius 3 is 1.96 bits per heavy atom. The zero-order valence-electron chi connectivity index (χ0n) is 15.1. The van der Waals surface area contributed by atoms with E-state index in [1.807, 2.05) is 74.8 Å². The van der Waals surface area contributed by atoms with E-state index < -0.39 is 0 Å². The molecule has 0 unspecified atom stereocenters. The number of benzene rings is 2. The first kappa shape index (κ1) is 18.4. The van der Waals surface area contributed by atoms with Crippen LogP contribution in [0, 0.1) is 0 Å². The van der Waals surface area contributed by atoms with E-state index in [1.165, 1.54) is 4.88 Å². The summed E-state index contributed by atoms with van der Waals surface area (Å²) >= 11 is 1.72. The molecule has 3 aromatic rings. The van der Waals surface area contributed by atoms with E-state index >= 15 is 0 Å². The molecular formula is C22H24N2OS. The lowest BCUT2D eigenvalue weighted by molar-refractivity contribution is -0.121. The van der Waals surface area contributed by atoms with Crippen LogP contribution in [0.15, 0.2) is 78.2 Å². The van der Waals surface area contributed by atoms with E-state index in [9.17, 15) is 4.79 Å². The van der Waals surface area contributed by atoms with Gasteiger partial charge in [-0.1, -0.05) is 66.7 Å². The molecule has 134 valence electrons. The maximum atomic E-state index is 13.1. The summed E-state index contributed by atoms with van der Waals surface area (Å²) in [5.41, 5.74) is 2.02. The highest BCUT2D eigenvalue weighted by Crippen LogP contribution is 2.26. The summed E-state index contributed by atoms with van der Waals surface area (Å²) < 4.78 is 0. The van der Waals surface area contributed by atoms with Crippen LogP contribution in [0.25, 0.3) is 0 Å². The van der Waals surface area contributed by atoms with Crippen molar-refractivity contribution in [2.75, 3.05) is 20.6 Å².